The first-order chi connectivity index (χ1) is 8.65. The molecule has 1 saturated carbocycles. The van der Waals surface area contributed by atoms with Gasteiger partial charge < -0.3 is 10.4 Å². The predicted octanol–water partition coefficient (Wildman–Crippen LogP) is 2.76. The van der Waals surface area contributed by atoms with E-state index in [1.165, 1.54) is 19.3 Å². The van der Waals surface area contributed by atoms with Gasteiger partial charge in [-0.2, -0.15) is 11.8 Å². The van der Waals surface area contributed by atoms with Crippen molar-refractivity contribution < 1.29 is 9.90 Å². The molecule has 0 radical (unpaired) electrons. The lowest BCUT2D eigenvalue weighted by Crippen LogP contribution is -2.43. The fourth-order valence-electron chi connectivity index (χ4n) is 2.22. The van der Waals surface area contributed by atoms with Crippen molar-refractivity contribution >= 4 is 17.7 Å². The molecule has 0 aromatic heterocycles. The second kappa shape index (κ2) is 5.76. The van der Waals surface area contributed by atoms with Crippen LogP contribution in [0, 0.1) is 0 Å². The zero-order valence-corrected chi connectivity index (χ0v) is 11.4. The minimum Gasteiger partial charge on any atom is -0.478 e. The standard InChI is InChI=1S/C14H19NO2S/c1-18-14(7-2-8-14)10-15-9-11-3-5-12(6-4-11)13(16)17/h3-6,15H,2,7-10H2,1H3,(H,16,17). The molecular weight excluding hydrogens is 246 g/mol. The molecule has 1 aliphatic rings. The highest BCUT2D eigenvalue weighted by Gasteiger charge is 2.35. The number of thioether (sulfide) groups is 1. The lowest BCUT2D eigenvalue weighted by atomic mass is 9.84. The maximum Gasteiger partial charge on any atom is 0.335 e. The molecule has 3 nitrogen and oxygen atoms in total. The first kappa shape index (κ1) is 13.4. The van der Waals surface area contributed by atoms with Crippen molar-refractivity contribution in [2.75, 3.05) is 12.8 Å². The second-order valence-electron chi connectivity index (χ2n) is 4.85. The van der Waals surface area contributed by atoms with E-state index in [1.54, 1.807) is 12.1 Å². The van der Waals surface area contributed by atoms with Crippen LogP contribution in [-0.4, -0.2) is 28.6 Å². The van der Waals surface area contributed by atoms with Crippen LogP contribution in [0.5, 0.6) is 0 Å². The van der Waals surface area contributed by atoms with Gasteiger partial charge in [0.05, 0.1) is 5.56 Å². The van der Waals surface area contributed by atoms with Crippen molar-refractivity contribution in [3.05, 3.63) is 35.4 Å². The van der Waals surface area contributed by atoms with Crippen LogP contribution >= 0.6 is 11.8 Å². The molecule has 0 amide bonds. The summed E-state index contributed by atoms with van der Waals surface area (Å²) in [6.07, 6.45) is 6.14. The van der Waals surface area contributed by atoms with Gasteiger partial charge in [-0.3, -0.25) is 0 Å². The normalized spacial score (nSPS) is 17.2. The Kier molecular flexibility index (Phi) is 4.30. The number of rotatable bonds is 6. The van der Waals surface area contributed by atoms with Crippen molar-refractivity contribution in [2.45, 2.75) is 30.6 Å². The van der Waals surface area contributed by atoms with Crippen molar-refractivity contribution in [3.63, 3.8) is 0 Å². The van der Waals surface area contributed by atoms with E-state index < -0.39 is 5.97 Å². The van der Waals surface area contributed by atoms with E-state index in [0.29, 0.717) is 10.3 Å². The molecule has 2 N–H and O–H groups in total. The molecular formula is C14H19NO2S. The van der Waals surface area contributed by atoms with Crippen LogP contribution in [0.1, 0.15) is 35.2 Å². The van der Waals surface area contributed by atoms with E-state index in [-0.39, 0.29) is 0 Å². The summed E-state index contributed by atoms with van der Waals surface area (Å²) < 4.78 is 0.445. The summed E-state index contributed by atoms with van der Waals surface area (Å²) in [6.45, 7) is 1.84. The molecule has 0 saturated heterocycles. The van der Waals surface area contributed by atoms with E-state index in [2.05, 4.69) is 11.6 Å². The topological polar surface area (TPSA) is 49.3 Å². The van der Waals surface area contributed by atoms with E-state index in [4.69, 9.17) is 5.11 Å². The van der Waals surface area contributed by atoms with Crippen LogP contribution in [0.25, 0.3) is 0 Å². The molecule has 2 rings (SSSR count). The number of hydrogen-bond donors (Lipinski definition) is 2. The molecule has 0 heterocycles. The molecule has 0 aliphatic heterocycles. The van der Waals surface area contributed by atoms with E-state index in [0.717, 1.165) is 18.7 Å². The SMILES string of the molecule is CSC1(CNCc2ccc(C(=O)O)cc2)CCC1. The van der Waals surface area contributed by atoms with Gasteiger partial charge in [0.15, 0.2) is 0 Å². The van der Waals surface area contributed by atoms with E-state index in [9.17, 15) is 4.79 Å². The van der Waals surface area contributed by atoms with E-state index >= 15 is 0 Å². The maximum atomic E-state index is 10.7. The van der Waals surface area contributed by atoms with Crippen molar-refractivity contribution in [2.24, 2.45) is 0 Å². The van der Waals surface area contributed by atoms with Crippen LogP contribution in [0.15, 0.2) is 24.3 Å². The maximum absolute atomic E-state index is 10.7. The van der Waals surface area contributed by atoms with E-state index in [1.807, 2.05) is 23.9 Å². The van der Waals surface area contributed by atoms with Gasteiger partial charge in [-0.05, 0) is 36.8 Å². The van der Waals surface area contributed by atoms with Gasteiger partial charge >= 0.3 is 5.97 Å². The Morgan fingerprint density at radius 3 is 2.50 bits per heavy atom. The predicted molar refractivity (Wildman–Crippen MR) is 75.2 cm³/mol. The zero-order valence-electron chi connectivity index (χ0n) is 10.6. The van der Waals surface area contributed by atoms with Gasteiger partial charge in [-0.1, -0.05) is 18.6 Å². The summed E-state index contributed by atoms with van der Waals surface area (Å²) in [5.41, 5.74) is 1.48. The molecule has 1 aromatic rings. The van der Waals surface area contributed by atoms with Gasteiger partial charge in [-0.15, -0.1) is 0 Å². The van der Waals surface area contributed by atoms with Crippen molar-refractivity contribution in [1.82, 2.24) is 5.32 Å². The van der Waals surface area contributed by atoms with Gasteiger partial charge in [-0.25, -0.2) is 4.79 Å². The number of hydrogen-bond acceptors (Lipinski definition) is 3. The van der Waals surface area contributed by atoms with Crippen LogP contribution in [-0.2, 0) is 6.54 Å². The molecule has 1 aromatic carbocycles. The number of nitrogens with one attached hydrogen (secondary N) is 1. The fourth-order valence-corrected chi connectivity index (χ4v) is 3.17. The fraction of sp³-hybridized carbons (Fsp3) is 0.500. The number of aromatic carboxylic acids is 1. The second-order valence-corrected chi connectivity index (χ2v) is 6.12. The van der Waals surface area contributed by atoms with Crippen LogP contribution in [0.2, 0.25) is 0 Å². The average molecular weight is 265 g/mol. The summed E-state index contributed by atoms with van der Waals surface area (Å²) in [5, 5.41) is 12.3. The van der Waals surface area contributed by atoms with Gasteiger partial charge in [0.25, 0.3) is 0 Å². The average Bonchev–Trinajstić information content (AvgIpc) is 2.33. The minimum absolute atomic E-state index is 0.346. The van der Waals surface area contributed by atoms with Crippen molar-refractivity contribution in [3.8, 4) is 0 Å². The molecule has 0 atom stereocenters. The lowest BCUT2D eigenvalue weighted by molar-refractivity contribution is 0.0697. The molecule has 18 heavy (non-hydrogen) atoms. The number of carboxylic acids is 1. The smallest absolute Gasteiger partial charge is 0.335 e. The highest BCUT2D eigenvalue weighted by molar-refractivity contribution is 8.00. The summed E-state index contributed by atoms with van der Waals surface area (Å²) in [6, 6.07) is 7.08. The Morgan fingerprint density at radius 1 is 1.39 bits per heavy atom. The van der Waals surface area contributed by atoms with Crippen LogP contribution < -0.4 is 5.32 Å². The number of benzene rings is 1. The monoisotopic (exact) mass is 265 g/mol. The third kappa shape index (κ3) is 3.06. The van der Waals surface area contributed by atoms with Crippen LogP contribution in [0.4, 0.5) is 0 Å². The first-order valence-electron chi connectivity index (χ1n) is 6.23. The lowest BCUT2D eigenvalue weighted by Gasteiger charge is -2.40. The largest absolute Gasteiger partial charge is 0.478 e. The van der Waals surface area contributed by atoms with Crippen LogP contribution in [0.3, 0.4) is 0 Å². The third-order valence-electron chi connectivity index (χ3n) is 3.67. The Labute approximate surface area is 112 Å². The number of carbonyl (C=O) groups is 1. The molecule has 1 aliphatic carbocycles. The van der Waals surface area contributed by atoms with Crippen molar-refractivity contribution in [1.29, 1.82) is 0 Å². The molecule has 0 bridgehead atoms. The summed E-state index contributed by atoms with van der Waals surface area (Å²) in [4.78, 5) is 10.7. The van der Waals surface area contributed by atoms with Gasteiger partial charge in [0.2, 0.25) is 0 Å². The highest BCUT2D eigenvalue weighted by Crippen LogP contribution is 2.42. The molecule has 4 heteroatoms. The Morgan fingerprint density at radius 2 is 2.06 bits per heavy atom. The third-order valence-corrected chi connectivity index (χ3v) is 5.09. The molecule has 98 valence electrons. The molecule has 0 spiro atoms. The summed E-state index contributed by atoms with van der Waals surface area (Å²) >= 11 is 1.96. The highest BCUT2D eigenvalue weighted by atomic mass is 32.2. The Balaban J connectivity index is 1.81. The Hall–Kier alpha value is -1.00. The zero-order chi connectivity index (χ0) is 13.0. The Bertz CT molecular complexity index is 407. The minimum atomic E-state index is -0.870. The molecule has 0 unspecified atom stereocenters. The quantitative estimate of drug-likeness (QED) is 0.830. The molecule has 1 fully saturated rings. The first-order valence-corrected chi connectivity index (χ1v) is 7.46. The summed E-state index contributed by atoms with van der Waals surface area (Å²) in [5.74, 6) is -0.870. The van der Waals surface area contributed by atoms with Gasteiger partial charge in [0, 0.05) is 17.8 Å². The number of carboxylic acid groups (broad SMARTS) is 1. The summed E-state index contributed by atoms with van der Waals surface area (Å²) in [7, 11) is 0. The van der Waals surface area contributed by atoms with Gasteiger partial charge in [0.1, 0.15) is 0 Å².